The molecule has 2 aliphatic rings. The number of nitrogens with one attached hydrogen (secondary N) is 1. The molecule has 1 fully saturated rings. The Kier molecular flexibility index (Phi) is 8.04. The molecule has 0 unspecified atom stereocenters. The Hall–Kier alpha value is -3.37. The second-order valence-electron chi connectivity index (χ2n) is 8.13. The van der Waals surface area contributed by atoms with Crippen LogP contribution in [0.2, 0.25) is 0 Å². The van der Waals surface area contributed by atoms with E-state index in [0.29, 0.717) is 24.7 Å². The maximum Gasteiger partial charge on any atom is 0.329 e. The number of fused-ring (bicyclic) bond motifs is 1. The molecule has 1 atom stereocenters. The average Bonchev–Trinajstić information content (AvgIpc) is 3.14. The van der Waals surface area contributed by atoms with E-state index in [1.54, 1.807) is 36.4 Å². The lowest BCUT2D eigenvalue weighted by Gasteiger charge is -2.28. The van der Waals surface area contributed by atoms with E-state index in [2.05, 4.69) is 10.2 Å². The number of hydrogen-bond donors (Lipinski definition) is 1. The van der Waals surface area contributed by atoms with Crippen molar-refractivity contribution in [3.63, 3.8) is 0 Å². The molecular weight excluding hydrogens is 470 g/mol. The molecule has 2 aromatic carbocycles. The second kappa shape index (κ2) is 11.4. The molecule has 4 rings (SSSR count). The van der Waals surface area contributed by atoms with Crippen LogP contribution in [-0.2, 0) is 19.1 Å². The van der Waals surface area contributed by atoms with Gasteiger partial charge in [-0.2, -0.15) is 11.8 Å². The van der Waals surface area contributed by atoms with Crippen LogP contribution in [0, 0.1) is 0 Å². The van der Waals surface area contributed by atoms with Gasteiger partial charge in [-0.3, -0.25) is 19.3 Å². The van der Waals surface area contributed by atoms with Crippen molar-refractivity contribution in [1.29, 1.82) is 0 Å². The SMILES string of the molecule is CSCC[C@@H](C(=O)OCC(=O)Nc1ccc(N2CCOCC2)cc1)N1C(=O)c2ccccc2C1=O. The molecule has 184 valence electrons. The first-order valence-electron chi connectivity index (χ1n) is 11.3. The summed E-state index contributed by atoms with van der Waals surface area (Å²) in [5, 5.41) is 2.70. The lowest BCUT2D eigenvalue weighted by Crippen LogP contribution is -2.46. The van der Waals surface area contributed by atoms with Gasteiger partial charge in [-0.25, -0.2) is 4.79 Å². The summed E-state index contributed by atoms with van der Waals surface area (Å²) in [4.78, 5) is 54.1. The number of ether oxygens (including phenoxy) is 2. The van der Waals surface area contributed by atoms with Gasteiger partial charge in [0.25, 0.3) is 17.7 Å². The normalized spacial score (nSPS) is 16.1. The van der Waals surface area contributed by atoms with Crippen LogP contribution in [0.5, 0.6) is 0 Å². The highest BCUT2D eigenvalue weighted by Gasteiger charge is 2.43. The van der Waals surface area contributed by atoms with Crippen LogP contribution < -0.4 is 10.2 Å². The van der Waals surface area contributed by atoms with Gasteiger partial charge in [-0.1, -0.05) is 12.1 Å². The highest BCUT2D eigenvalue weighted by atomic mass is 32.2. The van der Waals surface area contributed by atoms with Crippen LogP contribution in [0.15, 0.2) is 48.5 Å². The summed E-state index contributed by atoms with van der Waals surface area (Å²) in [6.45, 7) is 2.47. The first kappa shape index (κ1) is 24.7. The summed E-state index contributed by atoms with van der Waals surface area (Å²) in [6, 6.07) is 12.7. The van der Waals surface area contributed by atoms with Gasteiger partial charge in [-0.15, -0.1) is 0 Å². The summed E-state index contributed by atoms with van der Waals surface area (Å²) >= 11 is 1.48. The van der Waals surface area contributed by atoms with Crippen molar-refractivity contribution in [2.24, 2.45) is 0 Å². The lowest BCUT2D eigenvalue weighted by atomic mass is 10.1. The number of carbonyl (C=O) groups excluding carboxylic acids is 4. The molecule has 0 aromatic heterocycles. The van der Waals surface area contributed by atoms with Crippen molar-refractivity contribution < 1.29 is 28.7 Å². The molecule has 9 nitrogen and oxygen atoms in total. The number of imide groups is 1. The van der Waals surface area contributed by atoms with Gasteiger partial charge in [0.05, 0.1) is 24.3 Å². The number of esters is 1. The fourth-order valence-corrected chi connectivity index (χ4v) is 4.54. The molecule has 2 heterocycles. The topological polar surface area (TPSA) is 105 Å². The number of rotatable bonds is 9. The molecule has 0 bridgehead atoms. The summed E-state index contributed by atoms with van der Waals surface area (Å²) < 4.78 is 10.6. The van der Waals surface area contributed by atoms with Crippen LogP contribution in [0.1, 0.15) is 27.1 Å². The van der Waals surface area contributed by atoms with Crippen LogP contribution in [0.3, 0.4) is 0 Å². The van der Waals surface area contributed by atoms with E-state index in [9.17, 15) is 19.2 Å². The molecule has 2 aromatic rings. The largest absolute Gasteiger partial charge is 0.454 e. The third-order valence-corrected chi connectivity index (χ3v) is 6.52. The predicted octanol–water partition coefficient (Wildman–Crippen LogP) is 2.42. The van der Waals surface area contributed by atoms with Crippen LogP contribution in [0.4, 0.5) is 11.4 Å². The van der Waals surface area contributed by atoms with Crippen molar-refractivity contribution in [2.45, 2.75) is 12.5 Å². The zero-order chi connectivity index (χ0) is 24.8. The third-order valence-electron chi connectivity index (χ3n) is 5.88. The highest BCUT2D eigenvalue weighted by molar-refractivity contribution is 7.98. The number of anilines is 2. The molecule has 0 spiro atoms. The van der Waals surface area contributed by atoms with E-state index in [-0.39, 0.29) is 17.5 Å². The number of carbonyl (C=O) groups is 4. The summed E-state index contributed by atoms with van der Waals surface area (Å²) in [5.41, 5.74) is 2.13. The summed E-state index contributed by atoms with van der Waals surface area (Å²) in [6.07, 6.45) is 2.10. The van der Waals surface area contributed by atoms with Gasteiger partial charge in [0, 0.05) is 24.5 Å². The monoisotopic (exact) mass is 497 g/mol. The van der Waals surface area contributed by atoms with E-state index >= 15 is 0 Å². The molecule has 35 heavy (non-hydrogen) atoms. The van der Waals surface area contributed by atoms with Crippen LogP contribution in [-0.4, -0.2) is 79.6 Å². The fourth-order valence-electron chi connectivity index (χ4n) is 4.08. The van der Waals surface area contributed by atoms with Crippen LogP contribution >= 0.6 is 11.8 Å². The quantitative estimate of drug-likeness (QED) is 0.416. The van der Waals surface area contributed by atoms with Crippen molar-refractivity contribution in [2.75, 3.05) is 55.1 Å². The first-order valence-corrected chi connectivity index (χ1v) is 12.7. The minimum absolute atomic E-state index is 0.232. The Labute approximate surface area is 207 Å². The lowest BCUT2D eigenvalue weighted by molar-refractivity contribution is -0.151. The van der Waals surface area contributed by atoms with Gasteiger partial charge in [0.2, 0.25) is 0 Å². The smallest absolute Gasteiger partial charge is 0.329 e. The fraction of sp³-hybridized carbons (Fsp3) is 0.360. The maximum absolute atomic E-state index is 12.9. The molecule has 2 aliphatic heterocycles. The predicted molar refractivity (Wildman–Crippen MR) is 133 cm³/mol. The molecule has 0 radical (unpaired) electrons. The Morgan fingerprint density at radius 1 is 1.03 bits per heavy atom. The molecule has 3 amide bonds. The number of amides is 3. The van der Waals surface area contributed by atoms with E-state index in [1.165, 1.54) is 11.8 Å². The molecule has 10 heteroatoms. The van der Waals surface area contributed by atoms with E-state index < -0.39 is 36.3 Å². The molecule has 0 saturated carbocycles. The van der Waals surface area contributed by atoms with Crippen molar-refractivity contribution in [1.82, 2.24) is 4.90 Å². The van der Waals surface area contributed by atoms with Gasteiger partial charge in [0.15, 0.2) is 6.61 Å². The Balaban J connectivity index is 1.35. The van der Waals surface area contributed by atoms with Gasteiger partial charge in [-0.05, 0) is 54.8 Å². The van der Waals surface area contributed by atoms with E-state index in [4.69, 9.17) is 9.47 Å². The average molecular weight is 498 g/mol. The number of nitrogens with zero attached hydrogens (tertiary/aromatic N) is 2. The number of thioether (sulfide) groups is 1. The Morgan fingerprint density at radius 3 is 2.26 bits per heavy atom. The number of benzene rings is 2. The molecule has 1 N–H and O–H groups in total. The zero-order valence-corrected chi connectivity index (χ0v) is 20.2. The molecule has 1 saturated heterocycles. The van der Waals surface area contributed by atoms with Crippen LogP contribution in [0.25, 0.3) is 0 Å². The second-order valence-corrected chi connectivity index (χ2v) is 9.11. The Morgan fingerprint density at radius 2 is 1.66 bits per heavy atom. The molecular formula is C25H27N3O6S. The number of morpholine rings is 1. The van der Waals surface area contributed by atoms with Gasteiger partial charge >= 0.3 is 5.97 Å². The van der Waals surface area contributed by atoms with Crippen molar-refractivity contribution in [3.8, 4) is 0 Å². The third kappa shape index (κ3) is 5.66. The maximum atomic E-state index is 12.9. The Bertz CT molecular complexity index is 1070. The zero-order valence-electron chi connectivity index (χ0n) is 19.4. The minimum Gasteiger partial charge on any atom is -0.454 e. The van der Waals surface area contributed by atoms with Gasteiger partial charge < -0.3 is 19.7 Å². The minimum atomic E-state index is -1.10. The van der Waals surface area contributed by atoms with E-state index in [1.807, 2.05) is 18.4 Å². The summed E-state index contributed by atoms with van der Waals surface area (Å²) in [5.74, 6) is -1.82. The van der Waals surface area contributed by atoms with Gasteiger partial charge in [0.1, 0.15) is 6.04 Å². The summed E-state index contributed by atoms with van der Waals surface area (Å²) in [7, 11) is 0. The van der Waals surface area contributed by atoms with Crippen molar-refractivity contribution >= 4 is 46.8 Å². The van der Waals surface area contributed by atoms with E-state index in [0.717, 1.165) is 23.7 Å². The molecule has 0 aliphatic carbocycles. The standard InChI is InChI=1S/C25H27N3O6S/c1-35-15-10-21(28-23(30)19-4-2-3-5-20(19)24(28)31)25(32)34-16-22(29)26-17-6-8-18(9-7-17)27-11-13-33-14-12-27/h2-9,21H,10-16H2,1H3,(H,26,29)/t21-/m0/s1. The van der Waals surface area contributed by atoms with Crippen molar-refractivity contribution in [3.05, 3.63) is 59.7 Å². The first-order chi connectivity index (χ1) is 17.0. The number of hydrogen-bond acceptors (Lipinski definition) is 8. The highest BCUT2D eigenvalue weighted by Crippen LogP contribution is 2.26.